The lowest BCUT2D eigenvalue weighted by Crippen LogP contribution is -2.48. The highest BCUT2D eigenvalue weighted by atomic mass is 16.5. The van der Waals surface area contributed by atoms with Crippen LogP contribution in [0.1, 0.15) is 50.4 Å². The first kappa shape index (κ1) is 21.7. The Bertz CT molecular complexity index is 706. The molecule has 0 unspecified atom stereocenters. The predicted molar refractivity (Wildman–Crippen MR) is 105 cm³/mol. The van der Waals surface area contributed by atoms with Crippen molar-refractivity contribution in [3.63, 3.8) is 0 Å². The van der Waals surface area contributed by atoms with E-state index in [1.807, 2.05) is 0 Å². The highest BCUT2D eigenvalue weighted by Crippen LogP contribution is 2.29. The lowest BCUT2D eigenvalue weighted by molar-refractivity contribution is -0.154. The van der Waals surface area contributed by atoms with E-state index in [-0.39, 0.29) is 18.5 Å². The smallest absolute Gasteiger partial charge is 0.326 e. The van der Waals surface area contributed by atoms with Crippen molar-refractivity contribution < 1.29 is 23.9 Å². The van der Waals surface area contributed by atoms with Gasteiger partial charge >= 0.3 is 5.97 Å². The Morgan fingerprint density at radius 3 is 2.61 bits per heavy atom. The summed E-state index contributed by atoms with van der Waals surface area (Å²) in [5, 5.41) is 5.48. The van der Waals surface area contributed by atoms with E-state index in [4.69, 9.17) is 9.47 Å². The standard InChI is InChI=1S/C21H30N2O5/c1-13-8-7-10-17(14(13)2)23-20(25)15(3)28-19(24)12-22-21(26)16-9-5-6-11-18(16)27-4/h5-6,9,11,13-15,17H,7-8,10,12H2,1-4H3,(H,22,26)(H,23,25)/t13-,14+,15+,17-/m0/s1. The molecule has 1 fully saturated rings. The van der Waals surface area contributed by atoms with Gasteiger partial charge in [-0.3, -0.25) is 14.4 Å². The van der Waals surface area contributed by atoms with Gasteiger partial charge in [0.1, 0.15) is 12.3 Å². The molecule has 1 saturated carbocycles. The summed E-state index contributed by atoms with van der Waals surface area (Å²) >= 11 is 0. The van der Waals surface area contributed by atoms with E-state index in [2.05, 4.69) is 24.5 Å². The first-order valence-electron chi connectivity index (χ1n) is 9.74. The molecule has 154 valence electrons. The van der Waals surface area contributed by atoms with Crippen molar-refractivity contribution in [1.29, 1.82) is 0 Å². The number of benzene rings is 1. The number of hydrogen-bond acceptors (Lipinski definition) is 5. The van der Waals surface area contributed by atoms with Crippen LogP contribution in [0.3, 0.4) is 0 Å². The third-order valence-corrected chi connectivity index (χ3v) is 5.46. The van der Waals surface area contributed by atoms with Gasteiger partial charge in [0.15, 0.2) is 6.10 Å². The highest BCUT2D eigenvalue weighted by molar-refractivity contribution is 5.98. The van der Waals surface area contributed by atoms with Crippen LogP contribution in [0.5, 0.6) is 5.75 Å². The summed E-state index contributed by atoms with van der Waals surface area (Å²) in [7, 11) is 1.47. The molecule has 1 aliphatic rings. The molecule has 1 aromatic carbocycles. The van der Waals surface area contributed by atoms with E-state index in [1.165, 1.54) is 20.5 Å². The summed E-state index contributed by atoms with van der Waals surface area (Å²) in [6.45, 7) is 5.53. The number of methoxy groups -OCH3 is 1. The SMILES string of the molecule is COc1ccccc1C(=O)NCC(=O)O[C@H](C)C(=O)N[C@H]1CCC[C@H](C)[C@H]1C. The van der Waals surface area contributed by atoms with Gasteiger partial charge in [-0.25, -0.2) is 0 Å². The second-order valence-electron chi connectivity index (χ2n) is 7.40. The fourth-order valence-corrected chi connectivity index (χ4v) is 3.46. The predicted octanol–water partition coefficient (Wildman–Crippen LogP) is 2.30. The molecule has 0 saturated heterocycles. The summed E-state index contributed by atoms with van der Waals surface area (Å²) in [5.74, 6) is -0.0670. The average molecular weight is 390 g/mol. The molecule has 0 heterocycles. The molecule has 1 aromatic rings. The summed E-state index contributed by atoms with van der Waals surface area (Å²) in [6, 6.07) is 6.81. The molecule has 0 bridgehead atoms. The second kappa shape index (κ2) is 10.1. The lowest BCUT2D eigenvalue weighted by atomic mass is 9.78. The number of hydrogen-bond donors (Lipinski definition) is 2. The van der Waals surface area contributed by atoms with E-state index in [1.54, 1.807) is 24.3 Å². The number of carbonyl (C=O) groups excluding carboxylic acids is 3. The topological polar surface area (TPSA) is 93.7 Å². The fraction of sp³-hybridized carbons (Fsp3) is 0.571. The van der Waals surface area contributed by atoms with Crippen molar-refractivity contribution in [2.45, 2.75) is 52.2 Å². The molecule has 0 radical (unpaired) electrons. The summed E-state index contributed by atoms with van der Waals surface area (Å²) in [4.78, 5) is 36.6. The quantitative estimate of drug-likeness (QED) is 0.697. The zero-order valence-electron chi connectivity index (χ0n) is 17.0. The molecule has 2 rings (SSSR count). The van der Waals surface area contributed by atoms with Crippen LogP contribution in [0.2, 0.25) is 0 Å². The van der Waals surface area contributed by atoms with E-state index in [0.717, 1.165) is 12.8 Å². The van der Waals surface area contributed by atoms with Crippen LogP contribution in [0.15, 0.2) is 24.3 Å². The summed E-state index contributed by atoms with van der Waals surface area (Å²) < 4.78 is 10.3. The maximum atomic E-state index is 12.3. The molecule has 4 atom stereocenters. The molecule has 0 spiro atoms. The Labute approximate surface area is 166 Å². The van der Waals surface area contributed by atoms with Gasteiger partial charge in [0.2, 0.25) is 0 Å². The molecule has 2 amide bonds. The molecule has 28 heavy (non-hydrogen) atoms. The molecular weight excluding hydrogens is 360 g/mol. The third kappa shape index (κ3) is 5.71. The minimum absolute atomic E-state index is 0.0997. The van der Waals surface area contributed by atoms with Gasteiger partial charge in [0, 0.05) is 6.04 Å². The molecule has 7 heteroatoms. The van der Waals surface area contributed by atoms with E-state index in [9.17, 15) is 14.4 Å². The Morgan fingerprint density at radius 1 is 1.18 bits per heavy atom. The third-order valence-electron chi connectivity index (χ3n) is 5.46. The van der Waals surface area contributed by atoms with Crippen LogP contribution in [0, 0.1) is 11.8 Å². The van der Waals surface area contributed by atoms with Gasteiger partial charge in [0.05, 0.1) is 12.7 Å². The van der Waals surface area contributed by atoms with Crippen molar-refractivity contribution in [3.8, 4) is 5.75 Å². The van der Waals surface area contributed by atoms with Crippen molar-refractivity contribution in [1.82, 2.24) is 10.6 Å². The van der Waals surface area contributed by atoms with Crippen molar-refractivity contribution in [3.05, 3.63) is 29.8 Å². The largest absolute Gasteiger partial charge is 0.496 e. The Kier molecular flexibility index (Phi) is 7.84. The first-order valence-corrected chi connectivity index (χ1v) is 9.74. The fourth-order valence-electron chi connectivity index (χ4n) is 3.46. The zero-order valence-corrected chi connectivity index (χ0v) is 17.0. The Morgan fingerprint density at radius 2 is 1.89 bits per heavy atom. The van der Waals surface area contributed by atoms with E-state index >= 15 is 0 Å². The van der Waals surface area contributed by atoms with Gasteiger partial charge in [-0.1, -0.05) is 38.8 Å². The average Bonchev–Trinajstić information content (AvgIpc) is 2.69. The number of nitrogens with one attached hydrogen (secondary N) is 2. The van der Waals surface area contributed by atoms with Gasteiger partial charge in [-0.2, -0.15) is 0 Å². The second-order valence-corrected chi connectivity index (χ2v) is 7.40. The van der Waals surface area contributed by atoms with Crippen LogP contribution in [-0.2, 0) is 14.3 Å². The molecule has 0 aliphatic heterocycles. The minimum atomic E-state index is -0.917. The zero-order chi connectivity index (χ0) is 20.7. The lowest BCUT2D eigenvalue weighted by Gasteiger charge is -2.35. The van der Waals surface area contributed by atoms with Crippen LogP contribution in [-0.4, -0.2) is 43.6 Å². The number of esters is 1. The van der Waals surface area contributed by atoms with Gasteiger partial charge in [-0.05, 0) is 37.3 Å². The molecular formula is C21H30N2O5. The Balaban J connectivity index is 1.80. The van der Waals surface area contributed by atoms with Crippen molar-refractivity contribution >= 4 is 17.8 Å². The minimum Gasteiger partial charge on any atom is -0.496 e. The Hall–Kier alpha value is -2.57. The number of rotatable bonds is 7. The van der Waals surface area contributed by atoms with Crippen molar-refractivity contribution in [2.75, 3.05) is 13.7 Å². The molecule has 2 N–H and O–H groups in total. The molecule has 0 aromatic heterocycles. The van der Waals surface area contributed by atoms with Gasteiger partial charge < -0.3 is 20.1 Å². The molecule has 7 nitrogen and oxygen atoms in total. The first-order chi connectivity index (χ1) is 13.3. The maximum absolute atomic E-state index is 12.3. The van der Waals surface area contributed by atoms with Crippen LogP contribution in [0.25, 0.3) is 0 Å². The normalized spacial score (nSPS) is 22.6. The van der Waals surface area contributed by atoms with Gasteiger partial charge in [-0.15, -0.1) is 0 Å². The number of ether oxygens (including phenoxy) is 2. The van der Waals surface area contributed by atoms with Crippen LogP contribution < -0.4 is 15.4 Å². The van der Waals surface area contributed by atoms with Crippen LogP contribution in [0.4, 0.5) is 0 Å². The number of amides is 2. The summed E-state index contributed by atoms with van der Waals surface area (Å²) in [6.07, 6.45) is 2.27. The molecule has 1 aliphatic carbocycles. The van der Waals surface area contributed by atoms with E-state index < -0.39 is 18.0 Å². The highest BCUT2D eigenvalue weighted by Gasteiger charge is 2.30. The van der Waals surface area contributed by atoms with Crippen molar-refractivity contribution in [2.24, 2.45) is 11.8 Å². The maximum Gasteiger partial charge on any atom is 0.326 e. The number of carbonyl (C=O) groups is 3. The number of para-hydroxylation sites is 1. The van der Waals surface area contributed by atoms with Crippen LogP contribution >= 0.6 is 0 Å². The summed E-state index contributed by atoms with van der Waals surface area (Å²) in [5.41, 5.74) is 0.323. The van der Waals surface area contributed by atoms with E-state index in [0.29, 0.717) is 23.1 Å². The monoisotopic (exact) mass is 390 g/mol. The van der Waals surface area contributed by atoms with Gasteiger partial charge in [0.25, 0.3) is 11.8 Å².